The van der Waals surface area contributed by atoms with Crippen LogP contribution in [0.5, 0.6) is 0 Å². The molecule has 0 aliphatic rings. The zero-order valence-electron chi connectivity index (χ0n) is 15.1. The van der Waals surface area contributed by atoms with Crippen molar-refractivity contribution in [1.82, 2.24) is 15.2 Å². The Kier molecular flexibility index (Phi) is 12.2. The average Bonchev–Trinajstić information content (AvgIpc) is 2.51. The number of nitrogens with one attached hydrogen (secondary N) is 2. The van der Waals surface area contributed by atoms with E-state index in [9.17, 15) is 4.79 Å². The quantitative estimate of drug-likeness (QED) is 0.365. The van der Waals surface area contributed by atoms with E-state index in [0.29, 0.717) is 18.8 Å². The van der Waals surface area contributed by atoms with Crippen molar-refractivity contribution in [3.05, 3.63) is 23.9 Å². The number of aliphatic imine (C=N–C) groups is 1. The number of hydrogen-bond acceptors (Lipinski definition) is 3. The van der Waals surface area contributed by atoms with Gasteiger partial charge in [-0.05, 0) is 32.4 Å². The molecular weight excluding hydrogens is 417 g/mol. The Morgan fingerprint density at radius 1 is 1.33 bits per heavy atom. The fourth-order valence-electron chi connectivity index (χ4n) is 2.05. The first kappa shape index (κ1) is 22.6. The van der Waals surface area contributed by atoms with E-state index < -0.39 is 0 Å². The van der Waals surface area contributed by atoms with Crippen molar-refractivity contribution in [1.29, 1.82) is 0 Å². The maximum Gasteiger partial charge on any atom is 0.227 e. The number of halogens is 1. The summed E-state index contributed by atoms with van der Waals surface area (Å²) in [6.45, 7) is 8.34. The highest BCUT2D eigenvalue weighted by Crippen LogP contribution is 2.04. The molecule has 1 aromatic rings. The van der Waals surface area contributed by atoms with E-state index in [-0.39, 0.29) is 29.9 Å². The Balaban J connectivity index is 0.00000529. The zero-order valence-corrected chi connectivity index (χ0v) is 17.5. The Morgan fingerprint density at radius 3 is 2.71 bits per heavy atom. The van der Waals surface area contributed by atoms with Crippen molar-refractivity contribution < 1.29 is 4.79 Å². The van der Waals surface area contributed by atoms with Gasteiger partial charge in [0, 0.05) is 32.3 Å². The molecule has 0 bridgehead atoms. The summed E-state index contributed by atoms with van der Waals surface area (Å²) in [6.07, 6.45) is 2.61. The van der Waals surface area contributed by atoms with Crippen LogP contribution in [0.15, 0.2) is 23.2 Å². The molecular formula is C17H30IN5O. The van der Waals surface area contributed by atoms with E-state index in [0.717, 1.165) is 37.6 Å². The van der Waals surface area contributed by atoms with Crippen LogP contribution < -0.4 is 10.6 Å². The van der Waals surface area contributed by atoms with Gasteiger partial charge in [0.15, 0.2) is 5.96 Å². The predicted molar refractivity (Wildman–Crippen MR) is 111 cm³/mol. The third kappa shape index (κ3) is 9.05. The number of anilines is 1. The third-order valence-corrected chi connectivity index (χ3v) is 3.30. The molecule has 24 heavy (non-hydrogen) atoms. The van der Waals surface area contributed by atoms with Gasteiger partial charge in [0.1, 0.15) is 5.82 Å². The fraction of sp³-hybridized carbons (Fsp3) is 0.588. The molecule has 6 nitrogen and oxygen atoms in total. The van der Waals surface area contributed by atoms with E-state index >= 15 is 0 Å². The molecule has 0 radical (unpaired) electrons. The smallest absolute Gasteiger partial charge is 0.227 e. The summed E-state index contributed by atoms with van der Waals surface area (Å²) in [5.74, 6) is 1.37. The van der Waals surface area contributed by atoms with Gasteiger partial charge in [0.05, 0.1) is 6.54 Å². The molecule has 0 unspecified atom stereocenters. The van der Waals surface area contributed by atoms with Crippen molar-refractivity contribution in [2.45, 2.75) is 40.0 Å². The molecule has 0 saturated carbocycles. The van der Waals surface area contributed by atoms with E-state index in [1.165, 1.54) is 0 Å². The first-order valence-corrected chi connectivity index (χ1v) is 8.29. The summed E-state index contributed by atoms with van der Waals surface area (Å²) < 4.78 is 0. The molecule has 2 N–H and O–H groups in total. The van der Waals surface area contributed by atoms with Crippen LogP contribution in [0.1, 0.15) is 38.8 Å². The van der Waals surface area contributed by atoms with Crippen molar-refractivity contribution >= 4 is 41.7 Å². The van der Waals surface area contributed by atoms with Gasteiger partial charge in [-0.2, -0.15) is 0 Å². The fourth-order valence-corrected chi connectivity index (χ4v) is 2.05. The summed E-state index contributed by atoms with van der Waals surface area (Å²) >= 11 is 0. The van der Waals surface area contributed by atoms with Gasteiger partial charge in [-0.25, -0.2) is 4.98 Å². The minimum Gasteiger partial charge on any atom is -0.357 e. The van der Waals surface area contributed by atoms with Crippen molar-refractivity contribution in [2.75, 3.05) is 32.0 Å². The SMILES string of the molecule is CCCCN(C)C(=NCCC(=O)Nc1cccc(C)n1)NCC.I. The van der Waals surface area contributed by atoms with Crippen LogP contribution >= 0.6 is 24.0 Å². The van der Waals surface area contributed by atoms with Gasteiger partial charge >= 0.3 is 0 Å². The van der Waals surface area contributed by atoms with Crippen LogP contribution in [-0.2, 0) is 4.79 Å². The number of carbonyl (C=O) groups excluding carboxylic acids is 1. The Morgan fingerprint density at radius 2 is 2.08 bits per heavy atom. The zero-order chi connectivity index (χ0) is 17.1. The molecule has 7 heteroatoms. The monoisotopic (exact) mass is 447 g/mol. The Bertz CT molecular complexity index is 521. The van der Waals surface area contributed by atoms with Gasteiger partial charge in [0.2, 0.25) is 5.91 Å². The van der Waals surface area contributed by atoms with Crippen LogP contribution in [0, 0.1) is 6.92 Å². The molecule has 1 heterocycles. The van der Waals surface area contributed by atoms with E-state index in [1.54, 1.807) is 6.07 Å². The number of nitrogens with zero attached hydrogens (tertiary/aromatic N) is 3. The third-order valence-electron chi connectivity index (χ3n) is 3.30. The van der Waals surface area contributed by atoms with Gasteiger partial charge in [-0.1, -0.05) is 19.4 Å². The minimum absolute atomic E-state index is 0. The minimum atomic E-state index is -0.0705. The predicted octanol–water partition coefficient (Wildman–Crippen LogP) is 3.03. The van der Waals surface area contributed by atoms with Crippen molar-refractivity contribution in [3.8, 4) is 0 Å². The molecule has 0 aliphatic heterocycles. The average molecular weight is 447 g/mol. The van der Waals surface area contributed by atoms with Gasteiger partial charge < -0.3 is 15.5 Å². The van der Waals surface area contributed by atoms with E-state index in [4.69, 9.17) is 0 Å². The standard InChI is InChI=1S/C17H29N5O.HI/c1-5-7-13-22(4)17(18-6-2)19-12-11-16(23)21-15-10-8-9-14(3)20-15;/h8-10H,5-7,11-13H2,1-4H3,(H,18,19)(H,20,21,23);1H. The van der Waals surface area contributed by atoms with Crippen LogP contribution in [0.4, 0.5) is 5.82 Å². The van der Waals surface area contributed by atoms with Crippen molar-refractivity contribution in [2.24, 2.45) is 4.99 Å². The molecule has 0 spiro atoms. The summed E-state index contributed by atoms with van der Waals surface area (Å²) in [7, 11) is 2.02. The Labute approximate surface area is 162 Å². The van der Waals surface area contributed by atoms with Gasteiger partial charge in [-0.15, -0.1) is 24.0 Å². The number of amides is 1. The van der Waals surface area contributed by atoms with Crippen LogP contribution in [0.3, 0.4) is 0 Å². The maximum atomic E-state index is 12.0. The number of pyridine rings is 1. The number of aryl methyl sites for hydroxylation is 1. The normalized spacial score (nSPS) is 10.8. The maximum absolute atomic E-state index is 12.0. The topological polar surface area (TPSA) is 69.6 Å². The molecule has 1 amide bonds. The number of carbonyl (C=O) groups is 1. The number of aromatic nitrogens is 1. The summed E-state index contributed by atoms with van der Waals surface area (Å²) in [5, 5.41) is 6.05. The lowest BCUT2D eigenvalue weighted by Crippen LogP contribution is -2.39. The number of unbranched alkanes of at least 4 members (excludes halogenated alkanes) is 1. The first-order chi connectivity index (χ1) is 11.1. The highest BCUT2D eigenvalue weighted by Gasteiger charge is 2.06. The molecule has 0 atom stereocenters. The lowest BCUT2D eigenvalue weighted by atomic mass is 10.3. The molecule has 0 fully saturated rings. The van der Waals surface area contributed by atoms with E-state index in [1.807, 2.05) is 33.0 Å². The molecule has 1 aromatic heterocycles. The summed E-state index contributed by atoms with van der Waals surface area (Å²) in [4.78, 5) is 22.8. The molecule has 0 saturated heterocycles. The Hall–Kier alpha value is -1.38. The molecule has 136 valence electrons. The lowest BCUT2D eigenvalue weighted by molar-refractivity contribution is -0.116. The first-order valence-electron chi connectivity index (χ1n) is 8.29. The van der Waals surface area contributed by atoms with Crippen LogP contribution in [-0.4, -0.2) is 48.4 Å². The number of guanidine groups is 1. The number of rotatable bonds is 8. The van der Waals surface area contributed by atoms with Crippen LogP contribution in [0.25, 0.3) is 0 Å². The number of hydrogen-bond donors (Lipinski definition) is 2. The van der Waals surface area contributed by atoms with Crippen molar-refractivity contribution in [3.63, 3.8) is 0 Å². The largest absolute Gasteiger partial charge is 0.357 e. The molecule has 1 rings (SSSR count). The van der Waals surface area contributed by atoms with Crippen LogP contribution in [0.2, 0.25) is 0 Å². The highest BCUT2D eigenvalue weighted by atomic mass is 127. The van der Waals surface area contributed by atoms with Gasteiger partial charge in [-0.3, -0.25) is 9.79 Å². The summed E-state index contributed by atoms with van der Waals surface area (Å²) in [5.41, 5.74) is 0.882. The van der Waals surface area contributed by atoms with E-state index in [2.05, 4.69) is 32.4 Å². The second kappa shape index (κ2) is 13.0. The second-order valence-corrected chi connectivity index (χ2v) is 5.47. The molecule has 0 aromatic carbocycles. The van der Waals surface area contributed by atoms with Gasteiger partial charge in [0.25, 0.3) is 0 Å². The summed E-state index contributed by atoms with van der Waals surface area (Å²) in [6, 6.07) is 5.56. The lowest BCUT2D eigenvalue weighted by Gasteiger charge is -2.21. The molecule has 0 aliphatic carbocycles. The second-order valence-electron chi connectivity index (χ2n) is 5.47. The highest BCUT2D eigenvalue weighted by molar-refractivity contribution is 14.0.